The van der Waals surface area contributed by atoms with Crippen LogP contribution in [-0.2, 0) is 21.5 Å². The van der Waals surface area contributed by atoms with E-state index in [4.69, 9.17) is 23.2 Å². The lowest BCUT2D eigenvalue weighted by atomic mass is 9.73. The molecule has 2 atom stereocenters. The highest BCUT2D eigenvalue weighted by atomic mass is 35.5. The molecule has 0 saturated heterocycles. The summed E-state index contributed by atoms with van der Waals surface area (Å²) >= 11 is 12.3. The van der Waals surface area contributed by atoms with Crippen LogP contribution in [0.5, 0.6) is 0 Å². The van der Waals surface area contributed by atoms with E-state index in [1.54, 1.807) is 12.1 Å². The number of hydrogen-bond acceptors (Lipinski definition) is 4. The highest BCUT2D eigenvalue weighted by Gasteiger charge is 2.44. The number of ketones is 1. The van der Waals surface area contributed by atoms with Gasteiger partial charge in [0.2, 0.25) is 0 Å². The molecule has 1 heterocycles. The van der Waals surface area contributed by atoms with E-state index in [-0.39, 0.29) is 23.3 Å². The first-order valence-corrected chi connectivity index (χ1v) is 8.48. The van der Waals surface area contributed by atoms with Crippen LogP contribution in [-0.4, -0.2) is 26.8 Å². The van der Waals surface area contributed by atoms with E-state index >= 15 is 0 Å². The predicted octanol–water partition coefficient (Wildman–Crippen LogP) is 3.73. The zero-order valence-corrected chi connectivity index (χ0v) is 15.1. The lowest BCUT2D eigenvalue weighted by Gasteiger charge is -2.30. The van der Waals surface area contributed by atoms with Gasteiger partial charge in [-0.05, 0) is 24.1 Å². The first-order valence-electron chi connectivity index (χ1n) is 7.73. The molecule has 5 nitrogen and oxygen atoms in total. The molecule has 0 aliphatic heterocycles. The minimum atomic E-state index is -1.43. The van der Waals surface area contributed by atoms with Crippen molar-refractivity contribution >= 4 is 35.3 Å². The smallest absolute Gasteiger partial charge is 0.155 e. The topological polar surface area (TPSA) is 64.8 Å². The van der Waals surface area contributed by atoms with E-state index in [1.165, 1.54) is 23.4 Å². The Morgan fingerprint density at radius 2 is 2.17 bits per heavy atom. The molecule has 1 aromatic heterocycles. The molecule has 0 amide bonds. The Morgan fingerprint density at radius 1 is 1.42 bits per heavy atom. The third-order valence-electron chi connectivity index (χ3n) is 4.10. The molecule has 7 heteroatoms. The van der Waals surface area contributed by atoms with Crippen molar-refractivity contribution in [1.29, 1.82) is 0 Å². The average molecular weight is 368 g/mol. The number of halogens is 2. The Balaban J connectivity index is 2.57. The quantitative estimate of drug-likeness (QED) is 0.526. The molecule has 2 unspecified atom stereocenters. The maximum absolute atomic E-state index is 13.2. The van der Waals surface area contributed by atoms with Crippen LogP contribution >= 0.6 is 23.2 Å². The summed E-state index contributed by atoms with van der Waals surface area (Å²) in [6.45, 7) is 3.87. The maximum Gasteiger partial charge on any atom is 0.155 e. The molecule has 0 aliphatic carbocycles. The fourth-order valence-electron chi connectivity index (χ4n) is 2.88. The molecule has 1 aromatic carbocycles. The zero-order chi connectivity index (χ0) is 17.7. The fraction of sp³-hybridized carbons (Fsp3) is 0.412. The maximum atomic E-state index is 13.2. The molecule has 0 saturated carbocycles. The monoisotopic (exact) mass is 367 g/mol. The van der Waals surface area contributed by atoms with Gasteiger partial charge in [0.05, 0.1) is 6.54 Å². The second-order valence-corrected chi connectivity index (χ2v) is 6.70. The normalized spacial score (nSPS) is 14.8. The van der Waals surface area contributed by atoms with Crippen LogP contribution < -0.4 is 0 Å². The van der Waals surface area contributed by atoms with Crippen molar-refractivity contribution in [2.24, 2.45) is 5.92 Å². The number of nitrogens with zero attached hydrogens (tertiary/aromatic N) is 3. The lowest BCUT2D eigenvalue weighted by Crippen LogP contribution is -2.45. The molecule has 0 radical (unpaired) electrons. The molecule has 0 aliphatic rings. The van der Waals surface area contributed by atoms with Gasteiger partial charge in [-0.25, -0.2) is 4.98 Å². The molecular weight excluding hydrogens is 349 g/mol. The summed E-state index contributed by atoms with van der Waals surface area (Å²) in [7, 11) is 0. The van der Waals surface area contributed by atoms with E-state index < -0.39 is 5.41 Å². The highest BCUT2D eigenvalue weighted by molar-refractivity contribution is 6.35. The number of aldehydes is 1. The number of rotatable bonds is 8. The standard InChI is InChI=1S/C17H19Cl2N3O2/c1-3-4-12(2)16(24)17(9-23,8-22-11-20-10-21-22)14-6-5-13(18)7-15(14)19/h5-7,9-12H,3-4,8H2,1-2H3. The SMILES string of the molecule is CCCC(C)C(=O)C(C=O)(Cn1cncn1)c1ccc(Cl)cc1Cl. The second kappa shape index (κ2) is 7.90. The Bertz CT molecular complexity index is 719. The zero-order valence-electron chi connectivity index (χ0n) is 13.6. The van der Waals surface area contributed by atoms with Gasteiger partial charge in [0.15, 0.2) is 5.78 Å². The summed E-state index contributed by atoms with van der Waals surface area (Å²) in [6.07, 6.45) is 5.04. The van der Waals surface area contributed by atoms with Crippen LogP contribution in [0.4, 0.5) is 0 Å². The first-order chi connectivity index (χ1) is 11.4. The van der Waals surface area contributed by atoms with Gasteiger partial charge < -0.3 is 4.79 Å². The van der Waals surface area contributed by atoms with Crippen molar-refractivity contribution in [3.05, 3.63) is 46.5 Å². The lowest BCUT2D eigenvalue weighted by molar-refractivity contribution is -0.133. The molecule has 0 bridgehead atoms. The van der Waals surface area contributed by atoms with Crippen molar-refractivity contribution in [1.82, 2.24) is 14.8 Å². The number of benzene rings is 1. The molecule has 0 fully saturated rings. The van der Waals surface area contributed by atoms with E-state index in [2.05, 4.69) is 10.1 Å². The number of Topliss-reactive ketones (excluding diaryl/α,β-unsaturated/α-hetero) is 1. The van der Waals surface area contributed by atoms with Crippen molar-refractivity contribution in [3.63, 3.8) is 0 Å². The Kier molecular flexibility index (Phi) is 6.13. The van der Waals surface area contributed by atoms with Crippen LogP contribution in [0.15, 0.2) is 30.9 Å². The molecule has 2 aromatic rings. The van der Waals surface area contributed by atoms with Gasteiger partial charge in [0.1, 0.15) is 24.4 Å². The van der Waals surface area contributed by atoms with Crippen LogP contribution in [0.3, 0.4) is 0 Å². The molecular formula is C17H19Cl2N3O2. The van der Waals surface area contributed by atoms with Crippen LogP contribution in [0, 0.1) is 5.92 Å². The minimum absolute atomic E-state index is 0.0464. The van der Waals surface area contributed by atoms with Gasteiger partial charge in [0, 0.05) is 16.0 Å². The number of carbonyl (C=O) groups is 2. The van der Waals surface area contributed by atoms with E-state index in [9.17, 15) is 9.59 Å². The van der Waals surface area contributed by atoms with E-state index in [0.717, 1.165) is 6.42 Å². The van der Waals surface area contributed by atoms with Gasteiger partial charge in [-0.1, -0.05) is 49.5 Å². The summed E-state index contributed by atoms with van der Waals surface area (Å²) in [5.41, 5.74) is -0.990. The number of hydrogen-bond donors (Lipinski definition) is 0. The number of aromatic nitrogens is 3. The van der Waals surface area contributed by atoms with E-state index in [1.807, 2.05) is 13.8 Å². The van der Waals surface area contributed by atoms with Crippen molar-refractivity contribution in [3.8, 4) is 0 Å². The van der Waals surface area contributed by atoms with Crippen LogP contribution in [0.25, 0.3) is 0 Å². The molecule has 0 spiro atoms. The third-order valence-corrected chi connectivity index (χ3v) is 4.65. The van der Waals surface area contributed by atoms with Crippen molar-refractivity contribution < 1.29 is 9.59 Å². The molecule has 0 N–H and O–H groups in total. The Morgan fingerprint density at radius 3 is 2.71 bits per heavy atom. The van der Waals surface area contributed by atoms with Crippen molar-refractivity contribution in [2.75, 3.05) is 0 Å². The second-order valence-electron chi connectivity index (χ2n) is 5.86. The Labute approximate surface area is 151 Å². The fourth-order valence-corrected chi connectivity index (χ4v) is 3.46. The first kappa shape index (κ1) is 18.6. The van der Waals surface area contributed by atoms with Crippen LogP contribution in [0.1, 0.15) is 32.3 Å². The highest BCUT2D eigenvalue weighted by Crippen LogP contribution is 2.35. The Hall–Kier alpha value is -1.72. The van der Waals surface area contributed by atoms with Gasteiger partial charge in [-0.3, -0.25) is 9.48 Å². The van der Waals surface area contributed by atoms with Gasteiger partial charge >= 0.3 is 0 Å². The average Bonchev–Trinajstić information content (AvgIpc) is 3.05. The minimum Gasteiger partial charge on any atom is -0.302 e. The van der Waals surface area contributed by atoms with Crippen molar-refractivity contribution in [2.45, 2.75) is 38.6 Å². The van der Waals surface area contributed by atoms with Gasteiger partial charge in [-0.15, -0.1) is 0 Å². The summed E-state index contributed by atoms with van der Waals surface area (Å²) in [4.78, 5) is 29.2. The summed E-state index contributed by atoms with van der Waals surface area (Å²) in [5.74, 6) is -0.463. The predicted molar refractivity (Wildman–Crippen MR) is 93.3 cm³/mol. The third kappa shape index (κ3) is 3.68. The molecule has 128 valence electrons. The summed E-state index contributed by atoms with van der Waals surface area (Å²) in [5, 5.41) is 4.76. The molecule has 24 heavy (non-hydrogen) atoms. The summed E-state index contributed by atoms with van der Waals surface area (Å²) in [6, 6.07) is 4.79. The molecule has 2 rings (SSSR count). The van der Waals surface area contributed by atoms with Gasteiger partial charge in [-0.2, -0.15) is 5.10 Å². The largest absolute Gasteiger partial charge is 0.302 e. The van der Waals surface area contributed by atoms with E-state index in [0.29, 0.717) is 23.3 Å². The summed E-state index contributed by atoms with van der Waals surface area (Å²) < 4.78 is 1.47. The van der Waals surface area contributed by atoms with Gasteiger partial charge in [0.25, 0.3) is 0 Å². The van der Waals surface area contributed by atoms with Crippen LogP contribution in [0.2, 0.25) is 10.0 Å². The number of carbonyl (C=O) groups excluding carboxylic acids is 2.